The molecule has 0 heterocycles. The molecule has 1 N–H and O–H groups in total. The van der Waals surface area contributed by atoms with E-state index >= 15 is 0 Å². The molecule has 3 nitrogen and oxygen atoms in total. The lowest BCUT2D eigenvalue weighted by atomic mass is 10.00. The van der Waals surface area contributed by atoms with Crippen molar-refractivity contribution in [3.05, 3.63) is 34.9 Å². The van der Waals surface area contributed by atoms with Gasteiger partial charge in [-0.2, -0.15) is 5.26 Å². The lowest BCUT2D eigenvalue weighted by Crippen LogP contribution is -2.05. The molecule has 3 unspecified atom stereocenters. The Labute approximate surface area is 87.0 Å². The molecule has 1 saturated carbocycles. The predicted octanol–water partition coefficient (Wildman–Crippen LogP) is 1.53. The highest BCUT2D eigenvalue weighted by molar-refractivity contribution is 5.78. The maximum absolute atomic E-state index is 10.9. The van der Waals surface area contributed by atoms with E-state index in [2.05, 4.69) is 6.07 Å². The Kier molecular flexibility index (Phi) is 1.47. The third-order valence-corrected chi connectivity index (χ3v) is 3.54. The number of hydrogen-bond donors (Lipinski definition) is 1. The molecule has 3 atom stereocenters. The summed E-state index contributed by atoms with van der Waals surface area (Å²) in [7, 11) is 0. The van der Waals surface area contributed by atoms with Gasteiger partial charge in [-0.1, -0.05) is 6.07 Å². The molecule has 1 fully saturated rings. The molecule has 0 spiro atoms. The van der Waals surface area contributed by atoms with Crippen LogP contribution in [0.1, 0.15) is 22.6 Å². The van der Waals surface area contributed by atoms with E-state index in [-0.39, 0.29) is 17.8 Å². The van der Waals surface area contributed by atoms with Crippen LogP contribution in [0, 0.1) is 23.2 Å². The van der Waals surface area contributed by atoms with Crippen molar-refractivity contribution >= 4 is 5.97 Å². The summed E-state index contributed by atoms with van der Waals surface area (Å²) in [6.07, 6.45) is 0.864. The van der Waals surface area contributed by atoms with Crippen LogP contribution in [0.25, 0.3) is 0 Å². The Bertz CT molecular complexity index is 501. The molecule has 2 aliphatic carbocycles. The van der Waals surface area contributed by atoms with Crippen molar-refractivity contribution in [2.75, 3.05) is 0 Å². The molecule has 0 amide bonds. The van der Waals surface area contributed by atoms with E-state index in [0.29, 0.717) is 5.56 Å². The molecule has 74 valence electrons. The largest absolute Gasteiger partial charge is 0.481 e. The number of benzene rings is 1. The molecule has 0 bridgehead atoms. The standard InChI is InChI=1S/C12H9NO2/c13-5-6-1-2-7-4-9-10(8(7)3-6)11(9)12(14)15/h1-3,9-11H,4H2,(H,14,15). The first-order valence-corrected chi connectivity index (χ1v) is 4.98. The first kappa shape index (κ1) is 8.49. The predicted molar refractivity (Wildman–Crippen MR) is 52.2 cm³/mol. The number of carbonyl (C=O) groups is 1. The number of fused-ring (bicyclic) bond motifs is 3. The summed E-state index contributed by atoms with van der Waals surface area (Å²) in [6.45, 7) is 0. The second-order valence-electron chi connectivity index (χ2n) is 4.28. The number of aliphatic carboxylic acids is 1. The topological polar surface area (TPSA) is 61.1 Å². The zero-order valence-electron chi connectivity index (χ0n) is 7.97. The summed E-state index contributed by atoms with van der Waals surface area (Å²) >= 11 is 0. The van der Waals surface area contributed by atoms with Gasteiger partial charge in [-0.05, 0) is 35.6 Å². The quantitative estimate of drug-likeness (QED) is 0.746. The SMILES string of the molecule is N#Cc1ccc2c(c1)C1C(C2)C1C(=O)O. The minimum atomic E-state index is -0.696. The van der Waals surface area contributed by atoms with Gasteiger partial charge in [-0.3, -0.25) is 4.79 Å². The van der Waals surface area contributed by atoms with Crippen molar-refractivity contribution < 1.29 is 9.90 Å². The first-order valence-electron chi connectivity index (χ1n) is 4.98. The highest BCUT2D eigenvalue weighted by Crippen LogP contribution is 2.61. The minimum absolute atomic E-state index is 0.172. The number of nitrogens with zero attached hydrogens (tertiary/aromatic N) is 1. The van der Waals surface area contributed by atoms with Crippen LogP contribution in [0.2, 0.25) is 0 Å². The second kappa shape index (κ2) is 2.60. The van der Waals surface area contributed by atoms with Gasteiger partial charge in [0, 0.05) is 5.92 Å². The summed E-state index contributed by atoms with van der Waals surface area (Å²) < 4.78 is 0. The summed E-state index contributed by atoms with van der Waals surface area (Å²) in [5.74, 6) is -0.443. The molecule has 0 aliphatic heterocycles. The molecular weight excluding hydrogens is 190 g/mol. The Balaban J connectivity index is 2.01. The van der Waals surface area contributed by atoms with Crippen LogP contribution in [0.3, 0.4) is 0 Å². The first-order chi connectivity index (χ1) is 7.22. The molecule has 2 aliphatic rings. The van der Waals surface area contributed by atoms with Gasteiger partial charge in [0.1, 0.15) is 0 Å². The van der Waals surface area contributed by atoms with Gasteiger partial charge < -0.3 is 5.11 Å². The second-order valence-corrected chi connectivity index (χ2v) is 4.28. The van der Waals surface area contributed by atoms with Crippen molar-refractivity contribution in [1.82, 2.24) is 0 Å². The van der Waals surface area contributed by atoms with Crippen LogP contribution in [-0.2, 0) is 11.2 Å². The van der Waals surface area contributed by atoms with Crippen LogP contribution in [0.15, 0.2) is 18.2 Å². The van der Waals surface area contributed by atoms with Crippen LogP contribution in [0.5, 0.6) is 0 Å². The Morgan fingerprint density at radius 2 is 2.33 bits per heavy atom. The van der Waals surface area contributed by atoms with Gasteiger partial charge in [0.05, 0.1) is 17.6 Å². The maximum Gasteiger partial charge on any atom is 0.307 e. The van der Waals surface area contributed by atoms with Gasteiger partial charge in [-0.15, -0.1) is 0 Å². The molecule has 0 aromatic heterocycles. The zero-order chi connectivity index (χ0) is 10.6. The number of hydrogen-bond acceptors (Lipinski definition) is 2. The molecule has 15 heavy (non-hydrogen) atoms. The normalized spacial score (nSPS) is 30.2. The molecule has 0 saturated heterocycles. The molecule has 1 aromatic carbocycles. The van der Waals surface area contributed by atoms with Crippen molar-refractivity contribution in [1.29, 1.82) is 5.26 Å². The van der Waals surface area contributed by atoms with E-state index in [1.165, 1.54) is 5.56 Å². The third kappa shape index (κ3) is 1.02. The Morgan fingerprint density at radius 3 is 3.00 bits per heavy atom. The lowest BCUT2D eigenvalue weighted by molar-refractivity contribution is -0.139. The summed E-state index contributed by atoms with van der Waals surface area (Å²) in [5, 5.41) is 17.7. The minimum Gasteiger partial charge on any atom is -0.481 e. The summed E-state index contributed by atoms with van der Waals surface area (Å²) in [5.41, 5.74) is 2.94. The van der Waals surface area contributed by atoms with E-state index in [1.54, 1.807) is 6.07 Å². The number of rotatable bonds is 1. The zero-order valence-corrected chi connectivity index (χ0v) is 7.97. The van der Waals surface area contributed by atoms with Crippen molar-refractivity contribution in [3.8, 4) is 6.07 Å². The fourth-order valence-corrected chi connectivity index (χ4v) is 2.80. The molecule has 3 heteroatoms. The Hall–Kier alpha value is -1.82. The van der Waals surface area contributed by atoms with E-state index in [1.807, 2.05) is 12.1 Å². The Morgan fingerprint density at radius 1 is 1.53 bits per heavy atom. The highest BCUT2D eigenvalue weighted by atomic mass is 16.4. The fourth-order valence-electron chi connectivity index (χ4n) is 2.80. The summed E-state index contributed by atoms with van der Waals surface area (Å²) in [4.78, 5) is 10.9. The smallest absolute Gasteiger partial charge is 0.307 e. The fraction of sp³-hybridized carbons (Fsp3) is 0.333. The van der Waals surface area contributed by atoms with Gasteiger partial charge in [0.15, 0.2) is 0 Å². The molecule has 0 radical (unpaired) electrons. The average Bonchev–Trinajstić information content (AvgIpc) is 2.83. The van der Waals surface area contributed by atoms with E-state index < -0.39 is 5.97 Å². The monoisotopic (exact) mass is 199 g/mol. The van der Waals surface area contributed by atoms with E-state index in [0.717, 1.165) is 12.0 Å². The van der Waals surface area contributed by atoms with Gasteiger partial charge in [0.2, 0.25) is 0 Å². The van der Waals surface area contributed by atoms with Crippen LogP contribution >= 0.6 is 0 Å². The van der Waals surface area contributed by atoms with Crippen molar-refractivity contribution in [2.45, 2.75) is 12.3 Å². The van der Waals surface area contributed by atoms with E-state index in [9.17, 15) is 4.79 Å². The van der Waals surface area contributed by atoms with Gasteiger partial charge in [0.25, 0.3) is 0 Å². The number of carboxylic acid groups (broad SMARTS) is 1. The van der Waals surface area contributed by atoms with Crippen molar-refractivity contribution in [3.63, 3.8) is 0 Å². The van der Waals surface area contributed by atoms with Gasteiger partial charge in [-0.25, -0.2) is 0 Å². The molecular formula is C12H9NO2. The molecule has 1 aromatic rings. The maximum atomic E-state index is 10.9. The third-order valence-electron chi connectivity index (χ3n) is 3.54. The van der Waals surface area contributed by atoms with Crippen LogP contribution in [0.4, 0.5) is 0 Å². The lowest BCUT2D eigenvalue weighted by Gasteiger charge is -2.04. The number of carboxylic acids is 1. The van der Waals surface area contributed by atoms with E-state index in [4.69, 9.17) is 10.4 Å². The van der Waals surface area contributed by atoms with Crippen LogP contribution in [-0.4, -0.2) is 11.1 Å². The number of nitriles is 1. The molecule has 3 rings (SSSR count). The van der Waals surface area contributed by atoms with Crippen molar-refractivity contribution in [2.24, 2.45) is 11.8 Å². The van der Waals surface area contributed by atoms with Crippen LogP contribution < -0.4 is 0 Å². The highest BCUT2D eigenvalue weighted by Gasteiger charge is 2.59. The summed E-state index contributed by atoms with van der Waals surface area (Å²) in [6, 6.07) is 7.70. The van der Waals surface area contributed by atoms with Gasteiger partial charge >= 0.3 is 5.97 Å². The average molecular weight is 199 g/mol.